The number of hydrogen-bond donors (Lipinski definition) is 1. The molecule has 0 aromatic heterocycles. The van der Waals surface area contributed by atoms with Crippen LogP contribution in [-0.2, 0) is 4.79 Å². The van der Waals surface area contributed by atoms with E-state index in [-0.39, 0.29) is 0 Å². The predicted octanol–water partition coefficient (Wildman–Crippen LogP) is 3.00. The fourth-order valence-corrected chi connectivity index (χ4v) is 2.21. The molecule has 0 atom stereocenters. The lowest BCUT2D eigenvalue weighted by molar-refractivity contribution is -0.147. The first kappa shape index (κ1) is 14.5. The van der Waals surface area contributed by atoms with E-state index in [0.29, 0.717) is 5.41 Å². The molecule has 1 heterocycles. The van der Waals surface area contributed by atoms with Crippen LogP contribution in [0, 0.1) is 10.8 Å². The van der Waals surface area contributed by atoms with Gasteiger partial charge in [-0.05, 0) is 58.2 Å². The molecular formula is C14H27NO2. The van der Waals surface area contributed by atoms with Crippen molar-refractivity contribution in [3.63, 3.8) is 0 Å². The Bertz CT molecular complexity index is 265. The second kappa shape index (κ2) is 5.38. The Labute approximate surface area is 105 Å². The van der Waals surface area contributed by atoms with Gasteiger partial charge in [0.25, 0.3) is 0 Å². The van der Waals surface area contributed by atoms with Crippen molar-refractivity contribution in [3.05, 3.63) is 0 Å². The topological polar surface area (TPSA) is 40.5 Å². The van der Waals surface area contributed by atoms with E-state index in [1.54, 1.807) is 0 Å². The Morgan fingerprint density at radius 3 is 2.29 bits per heavy atom. The molecule has 0 radical (unpaired) electrons. The van der Waals surface area contributed by atoms with E-state index in [1.165, 1.54) is 19.3 Å². The first-order valence-electron chi connectivity index (χ1n) is 6.75. The van der Waals surface area contributed by atoms with Gasteiger partial charge in [-0.2, -0.15) is 0 Å². The third-order valence-corrected chi connectivity index (χ3v) is 4.55. The molecule has 0 spiro atoms. The second-order valence-electron chi connectivity index (χ2n) is 6.44. The van der Waals surface area contributed by atoms with E-state index in [1.807, 2.05) is 13.8 Å². The largest absolute Gasteiger partial charge is 0.481 e. The first-order valence-corrected chi connectivity index (χ1v) is 6.75. The van der Waals surface area contributed by atoms with Gasteiger partial charge >= 0.3 is 5.97 Å². The van der Waals surface area contributed by atoms with E-state index in [0.717, 1.165) is 26.1 Å². The maximum atomic E-state index is 11.0. The van der Waals surface area contributed by atoms with E-state index in [2.05, 4.69) is 18.7 Å². The summed E-state index contributed by atoms with van der Waals surface area (Å²) in [7, 11) is 0. The molecule has 3 nitrogen and oxygen atoms in total. The quantitative estimate of drug-likeness (QED) is 0.804. The first-order chi connectivity index (χ1) is 7.79. The Kier molecular flexibility index (Phi) is 4.59. The van der Waals surface area contributed by atoms with Gasteiger partial charge in [-0.1, -0.05) is 20.3 Å². The average molecular weight is 241 g/mol. The number of carbonyl (C=O) groups is 1. The third kappa shape index (κ3) is 3.98. The van der Waals surface area contributed by atoms with E-state index in [4.69, 9.17) is 5.11 Å². The highest BCUT2D eigenvalue weighted by Gasteiger charge is 2.31. The second-order valence-corrected chi connectivity index (χ2v) is 6.44. The summed E-state index contributed by atoms with van der Waals surface area (Å²) in [6.45, 7) is 11.4. The standard InChI is InChI=1S/C14H27NO2/c1-5-14(4)7-10-15(11-8-14)9-6-13(2,3)12(16)17/h5-11H2,1-4H3,(H,16,17). The van der Waals surface area contributed by atoms with Crippen LogP contribution < -0.4 is 0 Å². The van der Waals surface area contributed by atoms with Gasteiger partial charge in [-0.25, -0.2) is 0 Å². The fourth-order valence-electron chi connectivity index (χ4n) is 2.21. The number of rotatable bonds is 5. The summed E-state index contributed by atoms with van der Waals surface area (Å²) >= 11 is 0. The van der Waals surface area contributed by atoms with E-state index >= 15 is 0 Å². The zero-order valence-corrected chi connectivity index (χ0v) is 11.8. The zero-order valence-electron chi connectivity index (χ0n) is 11.8. The number of hydrogen-bond acceptors (Lipinski definition) is 2. The highest BCUT2D eigenvalue weighted by molar-refractivity contribution is 5.73. The Morgan fingerprint density at radius 1 is 1.35 bits per heavy atom. The minimum absolute atomic E-state index is 0.513. The van der Waals surface area contributed by atoms with Crippen LogP contribution >= 0.6 is 0 Å². The number of aliphatic carboxylic acids is 1. The lowest BCUT2D eigenvalue weighted by Crippen LogP contribution is -2.40. The van der Waals surface area contributed by atoms with Gasteiger partial charge in [-0.3, -0.25) is 4.79 Å². The van der Waals surface area contributed by atoms with Crippen LogP contribution in [0.1, 0.15) is 53.4 Å². The minimum Gasteiger partial charge on any atom is -0.481 e. The molecule has 0 unspecified atom stereocenters. The van der Waals surface area contributed by atoms with Crippen molar-refractivity contribution in [2.45, 2.75) is 53.4 Å². The van der Waals surface area contributed by atoms with Crippen molar-refractivity contribution in [1.29, 1.82) is 0 Å². The summed E-state index contributed by atoms with van der Waals surface area (Å²) in [5.41, 5.74) is -0.0790. The van der Waals surface area contributed by atoms with Gasteiger partial charge in [0.1, 0.15) is 0 Å². The monoisotopic (exact) mass is 241 g/mol. The van der Waals surface area contributed by atoms with Crippen molar-refractivity contribution in [2.75, 3.05) is 19.6 Å². The van der Waals surface area contributed by atoms with Crippen molar-refractivity contribution in [2.24, 2.45) is 10.8 Å². The summed E-state index contributed by atoms with van der Waals surface area (Å²) in [5.74, 6) is -0.687. The van der Waals surface area contributed by atoms with Gasteiger partial charge in [0, 0.05) is 0 Å². The predicted molar refractivity (Wildman–Crippen MR) is 70.1 cm³/mol. The van der Waals surface area contributed by atoms with Crippen molar-refractivity contribution < 1.29 is 9.90 Å². The van der Waals surface area contributed by atoms with Crippen LogP contribution in [0.25, 0.3) is 0 Å². The molecule has 1 rings (SSSR count). The number of carboxylic acids is 1. The molecule has 1 aliphatic rings. The molecular weight excluding hydrogens is 214 g/mol. The smallest absolute Gasteiger partial charge is 0.309 e. The Morgan fingerprint density at radius 2 is 1.88 bits per heavy atom. The highest BCUT2D eigenvalue weighted by atomic mass is 16.4. The molecule has 0 aromatic carbocycles. The molecule has 0 amide bonds. The van der Waals surface area contributed by atoms with Crippen molar-refractivity contribution in [3.8, 4) is 0 Å². The summed E-state index contributed by atoms with van der Waals surface area (Å²) in [6.07, 6.45) is 4.49. The molecule has 1 fully saturated rings. The van der Waals surface area contributed by atoms with Gasteiger partial charge in [0.15, 0.2) is 0 Å². The summed E-state index contributed by atoms with van der Waals surface area (Å²) < 4.78 is 0. The van der Waals surface area contributed by atoms with Gasteiger partial charge < -0.3 is 10.0 Å². The van der Waals surface area contributed by atoms with Crippen LogP contribution in [0.4, 0.5) is 0 Å². The maximum Gasteiger partial charge on any atom is 0.309 e. The van der Waals surface area contributed by atoms with E-state index < -0.39 is 11.4 Å². The fraction of sp³-hybridized carbons (Fsp3) is 0.929. The number of carboxylic acid groups (broad SMARTS) is 1. The minimum atomic E-state index is -0.687. The maximum absolute atomic E-state index is 11.0. The van der Waals surface area contributed by atoms with Crippen LogP contribution in [0.15, 0.2) is 0 Å². The Hall–Kier alpha value is -0.570. The van der Waals surface area contributed by atoms with Crippen LogP contribution in [0.2, 0.25) is 0 Å². The number of nitrogens with zero attached hydrogens (tertiary/aromatic N) is 1. The third-order valence-electron chi connectivity index (χ3n) is 4.55. The number of piperidine rings is 1. The molecule has 1 aliphatic heterocycles. The zero-order chi connectivity index (χ0) is 13.1. The van der Waals surface area contributed by atoms with Crippen LogP contribution in [0.5, 0.6) is 0 Å². The Balaban J connectivity index is 2.34. The molecule has 100 valence electrons. The van der Waals surface area contributed by atoms with Gasteiger partial charge in [-0.15, -0.1) is 0 Å². The van der Waals surface area contributed by atoms with Crippen LogP contribution in [-0.4, -0.2) is 35.6 Å². The van der Waals surface area contributed by atoms with Gasteiger partial charge in [0.2, 0.25) is 0 Å². The van der Waals surface area contributed by atoms with E-state index in [9.17, 15) is 4.79 Å². The number of likely N-dealkylation sites (tertiary alicyclic amines) is 1. The lowest BCUT2D eigenvalue weighted by atomic mass is 9.78. The van der Waals surface area contributed by atoms with Crippen molar-refractivity contribution >= 4 is 5.97 Å². The van der Waals surface area contributed by atoms with Gasteiger partial charge in [0.05, 0.1) is 5.41 Å². The molecule has 0 saturated carbocycles. The highest BCUT2D eigenvalue weighted by Crippen LogP contribution is 2.34. The van der Waals surface area contributed by atoms with Crippen molar-refractivity contribution in [1.82, 2.24) is 4.90 Å². The molecule has 3 heteroatoms. The molecule has 0 aliphatic carbocycles. The summed E-state index contributed by atoms with van der Waals surface area (Å²) in [5, 5.41) is 9.07. The molecule has 0 bridgehead atoms. The summed E-state index contributed by atoms with van der Waals surface area (Å²) in [6, 6.07) is 0. The molecule has 17 heavy (non-hydrogen) atoms. The molecule has 1 N–H and O–H groups in total. The average Bonchev–Trinajstić information content (AvgIpc) is 2.28. The normalized spacial score (nSPS) is 21.4. The van der Waals surface area contributed by atoms with Crippen LogP contribution in [0.3, 0.4) is 0 Å². The SMILES string of the molecule is CCC1(C)CCN(CCC(C)(C)C(=O)O)CC1. The lowest BCUT2D eigenvalue weighted by Gasteiger charge is -2.39. The molecule has 0 aromatic rings. The summed E-state index contributed by atoms with van der Waals surface area (Å²) in [4.78, 5) is 13.4. The molecule has 1 saturated heterocycles.